The van der Waals surface area contributed by atoms with Gasteiger partial charge in [-0.25, -0.2) is 0 Å². The Balaban J connectivity index is 1.67. The minimum Gasteiger partial charge on any atom is -0.337 e. The molecule has 0 spiro atoms. The molecule has 0 radical (unpaired) electrons. The summed E-state index contributed by atoms with van der Waals surface area (Å²) in [5, 5.41) is 6.89. The third-order valence-electron chi connectivity index (χ3n) is 4.36. The van der Waals surface area contributed by atoms with Gasteiger partial charge in [-0.1, -0.05) is 35.5 Å². The van der Waals surface area contributed by atoms with Crippen LogP contribution in [0.1, 0.15) is 12.1 Å². The molecule has 1 amide bonds. The van der Waals surface area contributed by atoms with E-state index in [1.165, 1.54) is 0 Å². The molecule has 6 nitrogen and oxygen atoms in total. The first-order chi connectivity index (χ1) is 11.6. The van der Waals surface area contributed by atoms with Crippen LogP contribution in [0.4, 0.5) is 5.88 Å². The average molecular weight is 328 g/mol. The lowest BCUT2D eigenvalue weighted by molar-refractivity contribution is -0.117. The van der Waals surface area contributed by atoms with Crippen LogP contribution < -0.4 is 5.32 Å². The first-order valence-electron chi connectivity index (χ1n) is 8.36. The van der Waals surface area contributed by atoms with Gasteiger partial charge < -0.3 is 9.42 Å². The number of carbonyl (C=O) groups is 1. The molecular formula is C18H24N4O2. The summed E-state index contributed by atoms with van der Waals surface area (Å²) in [6.45, 7) is 6.18. The number of nitrogens with zero attached hydrogens (tertiary/aromatic N) is 3. The molecule has 0 saturated carbocycles. The van der Waals surface area contributed by atoms with Crippen LogP contribution in [0.25, 0.3) is 11.1 Å². The Hall–Kier alpha value is -2.18. The first-order valence-corrected chi connectivity index (χ1v) is 8.36. The van der Waals surface area contributed by atoms with Crippen LogP contribution in [0.3, 0.4) is 0 Å². The Kier molecular flexibility index (Phi) is 5.27. The molecule has 0 unspecified atom stereocenters. The van der Waals surface area contributed by atoms with Gasteiger partial charge in [-0.15, -0.1) is 0 Å². The number of anilines is 1. The number of hydrogen-bond donors (Lipinski definition) is 1. The van der Waals surface area contributed by atoms with Crippen LogP contribution in [0, 0.1) is 6.92 Å². The Morgan fingerprint density at radius 1 is 1.21 bits per heavy atom. The fraction of sp³-hybridized carbons (Fsp3) is 0.444. The van der Waals surface area contributed by atoms with Crippen molar-refractivity contribution in [1.82, 2.24) is 15.0 Å². The van der Waals surface area contributed by atoms with Crippen LogP contribution in [-0.2, 0) is 4.79 Å². The van der Waals surface area contributed by atoms with Crippen molar-refractivity contribution >= 4 is 11.8 Å². The van der Waals surface area contributed by atoms with E-state index in [0.29, 0.717) is 12.4 Å². The standard InChI is InChI=1S/C18H24N4O2/c1-14-17(15-7-4-3-5-8-15)18(24-20-14)19-16(23)13-22-10-6-9-21(2)11-12-22/h3-5,7-8H,6,9-13H2,1-2H3,(H,19,23). The lowest BCUT2D eigenvalue weighted by Crippen LogP contribution is -2.35. The fourth-order valence-corrected chi connectivity index (χ4v) is 3.03. The van der Waals surface area contributed by atoms with Gasteiger partial charge in [-0.3, -0.25) is 15.0 Å². The number of carbonyl (C=O) groups excluding carboxylic acids is 1. The molecule has 6 heteroatoms. The molecule has 128 valence electrons. The fourth-order valence-electron chi connectivity index (χ4n) is 3.03. The summed E-state index contributed by atoms with van der Waals surface area (Å²) in [7, 11) is 2.12. The minimum absolute atomic E-state index is 0.0621. The summed E-state index contributed by atoms with van der Waals surface area (Å²) >= 11 is 0. The zero-order valence-corrected chi connectivity index (χ0v) is 14.3. The maximum Gasteiger partial charge on any atom is 0.240 e. The van der Waals surface area contributed by atoms with Crippen molar-refractivity contribution in [1.29, 1.82) is 0 Å². The average Bonchev–Trinajstić information content (AvgIpc) is 2.80. The molecule has 1 aliphatic heterocycles. The van der Waals surface area contributed by atoms with Crippen LogP contribution in [0.15, 0.2) is 34.9 Å². The Morgan fingerprint density at radius 3 is 2.79 bits per heavy atom. The number of aryl methyl sites for hydroxylation is 1. The lowest BCUT2D eigenvalue weighted by atomic mass is 10.1. The molecule has 24 heavy (non-hydrogen) atoms. The number of hydrogen-bond acceptors (Lipinski definition) is 5. The normalized spacial score (nSPS) is 16.8. The second kappa shape index (κ2) is 7.59. The smallest absolute Gasteiger partial charge is 0.240 e. The second-order valence-corrected chi connectivity index (χ2v) is 6.32. The van der Waals surface area contributed by atoms with Crippen molar-refractivity contribution in [3.63, 3.8) is 0 Å². The van der Waals surface area contributed by atoms with Gasteiger partial charge in [0.1, 0.15) is 0 Å². The highest BCUT2D eigenvalue weighted by Crippen LogP contribution is 2.31. The summed E-state index contributed by atoms with van der Waals surface area (Å²) in [4.78, 5) is 16.9. The van der Waals surface area contributed by atoms with Crippen LogP contribution >= 0.6 is 0 Å². The van der Waals surface area contributed by atoms with E-state index in [4.69, 9.17) is 4.52 Å². The SMILES string of the molecule is Cc1noc(NC(=O)CN2CCCN(C)CC2)c1-c1ccccc1. The molecule has 1 aliphatic rings. The van der Waals surface area contributed by atoms with Crippen molar-refractivity contribution < 1.29 is 9.32 Å². The number of likely N-dealkylation sites (N-methyl/N-ethyl adjacent to an activating group) is 1. The highest BCUT2D eigenvalue weighted by molar-refractivity contribution is 5.95. The minimum atomic E-state index is -0.0621. The van der Waals surface area contributed by atoms with Crippen LogP contribution in [0.2, 0.25) is 0 Å². The van der Waals surface area contributed by atoms with E-state index >= 15 is 0 Å². The van der Waals surface area contributed by atoms with Gasteiger partial charge in [0.25, 0.3) is 0 Å². The molecule has 0 aliphatic carbocycles. The Morgan fingerprint density at radius 2 is 2.00 bits per heavy atom. The van der Waals surface area contributed by atoms with E-state index < -0.39 is 0 Å². The maximum absolute atomic E-state index is 12.4. The zero-order valence-electron chi connectivity index (χ0n) is 14.3. The number of amides is 1. The van der Waals surface area contributed by atoms with Gasteiger partial charge in [0, 0.05) is 13.1 Å². The van der Waals surface area contributed by atoms with Gasteiger partial charge >= 0.3 is 0 Å². The number of benzene rings is 1. The lowest BCUT2D eigenvalue weighted by Gasteiger charge is -2.19. The van der Waals surface area contributed by atoms with Crippen molar-refractivity contribution in [2.45, 2.75) is 13.3 Å². The van der Waals surface area contributed by atoms with Crippen molar-refractivity contribution in [3.05, 3.63) is 36.0 Å². The van der Waals surface area contributed by atoms with E-state index in [1.54, 1.807) is 0 Å². The summed E-state index contributed by atoms with van der Waals surface area (Å²) in [6, 6.07) is 9.85. The second-order valence-electron chi connectivity index (χ2n) is 6.32. The molecule has 1 fully saturated rings. The molecule has 2 aromatic rings. The summed E-state index contributed by atoms with van der Waals surface area (Å²) in [5.41, 5.74) is 2.61. The van der Waals surface area contributed by atoms with Gasteiger partial charge in [-0.2, -0.15) is 0 Å². The Labute approximate surface area is 142 Å². The zero-order chi connectivity index (χ0) is 16.9. The highest BCUT2D eigenvalue weighted by Gasteiger charge is 2.19. The summed E-state index contributed by atoms with van der Waals surface area (Å²) in [6.07, 6.45) is 1.08. The van der Waals surface area contributed by atoms with Crippen molar-refractivity contribution in [2.24, 2.45) is 0 Å². The van der Waals surface area contributed by atoms with Crippen LogP contribution in [0.5, 0.6) is 0 Å². The molecule has 1 N–H and O–H groups in total. The Bertz CT molecular complexity index is 684. The molecule has 0 bridgehead atoms. The van der Waals surface area contributed by atoms with Gasteiger partial charge in [0.05, 0.1) is 17.8 Å². The largest absolute Gasteiger partial charge is 0.337 e. The molecule has 0 atom stereocenters. The van der Waals surface area contributed by atoms with E-state index in [2.05, 4.69) is 27.3 Å². The quantitative estimate of drug-likeness (QED) is 0.932. The van der Waals surface area contributed by atoms with Gasteiger partial charge in [-0.05, 0) is 39.0 Å². The van der Waals surface area contributed by atoms with E-state index in [9.17, 15) is 4.79 Å². The van der Waals surface area contributed by atoms with Gasteiger partial charge in [0.15, 0.2) is 0 Å². The molecule has 3 rings (SSSR count). The predicted octanol–water partition coefficient (Wildman–Crippen LogP) is 2.23. The van der Waals surface area contributed by atoms with E-state index in [0.717, 1.165) is 49.4 Å². The number of rotatable bonds is 4. The highest BCUT2D eigenvalue weighted by atomic mass is 16.5. The topological polar surface area (TPSA) is 61.6 Å². The first kappa shape index (κ1) is 16.7. The molecule has 1 saturated heterocycles. The summed E-state index contributed by atoms with van der Waals surface area (Å²) in [5.74, 6) is 0.364. The van der Waals surface area contributed by atoms with E-state index in [1.807, 2.05) is 37.3 Å². The predicted molar refractivity (Wildman–Crippen MR) is 93.9 cm³/mol. The van der Waals surface area contributed by atoms with Gasteiger partial charge in [0.2, 0.25) is 11.8 Å². The van der Waals surface area contributed by atoms with Crippen molar-refractivity contribution in [3.8, 4) is 11.1 Å². The molecular weight excluding hydrogens is 304 g/mol. The summed E-state index contributed by atoms with van der Waals surface area (Å²) < 4.78 is 5.34. The van der Waals surface area contributed by atoms with Crippen molar-refractivity contribution in [2.75, 3.05) is 45.1 Å². The third kappa shape index (κ3) is 4.01. The monoisotopic (exact) mass is 328 g/mol. The maximum atomic E-state index is 12.4. The molecule has 1 aromatic carbocycles. The number of aromatic nitrogens is 1. The van der Waals surface area contributed by atoms with Crippen LogP contribution in [-0.4, -0.2) is 60.6 Å². The third-order valence-corrected chi connectivity index (χ3v) is 4.36. The molecule has 1 aromatic heterocycles. The molecule has 2 heterocycles. The van der Waals surface area contributed by atoms with E-state index in [-0.39, 0.29) is 5.91 Å². The number of nitrogens with one attached hydrogen (secondary N) is 1.